The lowest BCUT2D eigenvalue weighted by molar-refractivity contribution is -0.131. The largest absolute Gasteiger partial charge is 0.478 e. The number of amides is 1. The van der Waals surface area contributed by atoms with E-state index >= 15 is 0 Å². The Morgan fingerprint density at radius 1 is 1.57 bits per heavy atom. The van der Waals surface area contributed by atoms with Gasteiger partial charge in [0.15, 0.2) is 0 Å². The Bertz CT molecular complexity index is 553. The molecule has 2 N–H and O–H groups in total. The van der Waals surface area contributed by atoms with Gasteiger partial charge in [-0.1, -0.05) is 0 Å². The maximum Gasteiger partial charge on any atom is 0.328 e. The van der Waals surface area contributed by atoms with Crippen molar-refractivity contribution in [2.75, 3.05) is 19.8 Å². The number of carboxylic acids is 1. The Labute approximate surface area is 126 Å². The summed E-state index contributed by atoms with van der Waals surface area (Å²) in [6.45, 7) is 2.46. The predicted octanol–water partition coefficient (Wildman–Crippen LogP) is 1.07. The molecule has 1 saturated heterocycles. The minimum Gasteiger partial charge on any atom is -0.478 e. The van der Waals surface area contributed by atoms with Gasteiger partial charge in [0.1, 0.15) is 0 Å². The summed E-state index contributed by atoms with van der Waals surface area (Å²) in [5.41, 5.74) is 0.589. The van der Waals surface area contributed by atoms with Crippen molar-refractivity contribution in [3.63, 3.8) is 0 Å². The first kappa shape index (κ1) is 15.7. The molecule has 1 aromatic rings. The summed E-state index contributed by atoms with van der Waals surface area (Å²) in [7, 11) is 0. The molecule has 2 unspecified atom stereocenters. The molecule has 0 spiro atoms. The number of thiophene rings is 1. The molecule has 0 aliphatic carbocycles. The second-order valence-electron chi connectivity index (χ2n) is 4.82. The Morgan fingerprint density at radius 2 is 2.33 bits per heavy atom. The minimum atomic E-state index is -1.06. The van der Waals surface area contributed by atoms with Crippen molar-refractivity contribution < 1.29 is 24.5 Å². The SMILES string of the molecule is CC1COC(CO)CN1C(=O)c1sccc1/C=C/C(=O)O. The van der Waals surface area contributed by atoms with Crippen LogP contribution in [0.4, 0.5) is 0 Å². The normalized spacial score (nSPS) is 22.7. The summed E-state index contributed by atoms with van der Waals surface area (Å²) >= 11 is 1.28. The van der Waals surface area contributed by atoms with Crippen LogP contribution in [0.5, 0.6) is 0 Å². The van der Waals surface area contributed by atoms with Crippen molar-refractivity contribution in [3.8, 4) is 0 Å². The lowest BCUT2D eigenvalue weighted by atomic mass is 10.1. The number of nitrogens with zero attached hydrogens (tertiary/aromatic N) is 1. The Balaban J connectivity index is 2.19. The van der Waals surface area contributed by atoms with Gasteiger partial charge in [-0.2, -0.15) is 0 Å². The third-order valence-electron chi connectivity index (χ3n) is 3.27. The van der Waals surface area contributed by atoms with Crippen LogP contribution in [-0.2, 0) is 9.53 Å². The van der Waals surface area contributed by atoms with Crippen LogP contribution in [0.1, 0.15) is 22.2 Å². The second-order valence-corrected chi connectivity index (χ2v) is 5.74. The average Bonchev–Trinajstić information content (AvgIpc) is 2.93. The number of morpholine rings is 1. The van der Waals surface area contributed by atoms with Gasteiger partial charge in [0.2, 0.25) is 0 Å². The highest BCUT2D eigenvalue weighted by molar-refractivity contribution is 7.12. The molecular weight excluding hydrogens is 294 g/mol. The van der Waals surface area contributed by atoms with E-state index in [4.69, 9.17) is 9.84 Å². The van der Waals surface area contributed by atoms with Gasteiger partial charge in [0, 0.05) is 12.6 Å². The van der Waals surface area contributed by atoms with Crippen molar-refractivity contribution in [3.05, 3.63) is 28.0 Å². The maximum absolute atomic E-state index is 12.6. The van der Waals surface area contributed by atoms with E-state index in [1.807, 2.05) is 6.92 Å². The van der Waals surface area contributed by atoms with Crippen molar-refractivity contribution in [1.29, 1.82) is 0 Å². The lowest BCUT2D eigenvalue weighted by Gasteiger charge is -2.37. The van der Waals surface area contributed by atoms with Crippen LogP contribution in [0.25, 0.3) is 6.08 Å². The van der Waals surface area contributed by atoms with Gasteiger partial charge < -0.3 is 19.8 Å². The van der Waals surface area contributed by atoms with Crippen LogP contribution in [0, 0.1) is 0 Å². The van der Waals surface area contributed by atoms with Crippen LogP contribution in [0.3, 0.4) is 0 Å². The molecule has 2 heterocycles. The van der Waals surface area contributed by atoms with Gasteiger partial charge in [0.05, 0.1) is 30.2 Å². The summed E-state index contributed by atoms with van der Waals surface area (Å²) in [5.74, 6) is -1.22. The zero-order valence-corrected chi connectivity index (χ0v) is 12.4. The van der Waals surface area contributed by atoms with Crippen LogP contribution in [0.15, 0.2) is 17.5 Å². The summed E-state index contributed by atoms with van der Waals surface area (Å²) in [4.78, 5) is 25.4. The van der Waals surface area contributed by atoms with E-state index in [-0.39, 0.29) is 24.7 Å². The third-order valence-corrected chi connectivity index (χ3v) is 4.18. The fourth-order valence-electron chi connectivity index (χ4n) is 2.13. The number of ether oxygens (including phenoxy) is 1. The first-order chi connectivity index (χ1) is 10.0. The number of aliphatic hydroxyl groups excluding tert-OH is 1. The number of hydrogen-bond donors (Lipinski definition) is 2. The molecular formula is C14H17NO5S. The van der Waals surface area contributed by atoms with E-state index in [1.54, 1.807) is 16.3 Å². The quantitative estimate of drug-likeness (QED) is 0.812. The van der Waals surface area contributed by atoms with Gasteiger partial charge in [-0.3, -0.25) is 4.79 Å². The Kier molecular flexibility index (Phi) is 5.11. The number of rotatable bonds is 4. The highest BCUT2D eigenvalue weighted by atomic mass is 32.1. The molecule has 2 atom stereocenters. The highest BCUT2D eigenvalue weighted by Gasteiger charge is 2.31. The molecule has 1 aliphatic rings. The van der Waals surface area contributed by atoms with Gasteiger partial charge in [-0.05, 0) is 30.0 Å². The summed E-state index contributed by atoms with van der Waals surface area (Å²) in [6.07, 6.45) is 2.06. The van der Waals surface area contributed by atoms with Crippen LogP contribution >= 0.6 is 11.3 Å². The zero-order chi connectivity index (χ0) is 15.4. The average molecular weight is 311 g/mol. The molecule has 0 radical (unpaired) electrons. The van der Waals surface area contributed by atoms with Crippen molar-refractivity contribution in [2.24, 2.45) is 0 Å². The number of carbonyl (C=O) groups is 2. The fraction of sp³-hybridized carbons (Fsp3) is 0.429. The summed E-state index contributed by atoms with van der Waals surface area (Å²) in [6, 6.07) is 1.63. The van der Waals surface area contributed by atoms with E-state index in [0.717, 1.165) is 6.08 Å². The molecule has 0 aromatic carbocycles. The summed E-state index contributed by atoms with van der Waals surface area (Å²) < 4.78 is 5.41. The number of aliphatic carboxylic acids is 1. The zero-order valence-electron chi connectivity index (χ0n) is 11.6. The van der Waals surface area contributed by atoms with Gasteiger partial charge >= 0.3 is 5.97 Å². The maximum atomic E-state index is 12.6. The molecule has 7 heteroatoms. The molecule has 1 amide bonds. The summed E-state index contributed by atoms with van der Waals surface area (Å²) in [5, 5.41) is 19.6. The molecule has 1 aliphatic heterocycles. The van der Waals surface area contributed by atoms with Gasteiger partial charge in [-0.25, -0.2) is 4.79 Å². The molecule has 114 valence electrons. The topological polar surface area (TPSA) is 87.1 Å². The highest BCUT2D eigenvalue weighted by Crippen LogP contribution is 2.23. The molecule has 0 saturated carbocycles. The Hall–Kier alpha value is -1.70. The Morgan fingerprint density at radius 3 is 3.00 bits per heavy atom. The van der Waals surface area contributed by atoms with Crippen LogP contribution < -0.4 is 0 Å². The fourth-order valence-corrected chi connectivity index (χ4v) is 2.97. The van der Waals surface area contributed by atoms with Crippen molar-refractivity contribution in [2.45, 2.75) is 19.1 Å². The van der Waals surface area contributed by atoms with E-state index < -0.39 is 5.97 Å². The minimum absolute atomic E-state index is 0.0845. The van der Waals surface area contributed by atoms with Crippen LogP contribution in [0.2, 0.25) is 0 Å². The number of carboxylic acid groups (broad SMARTS) is 1. The first-order valence-corrected chi connectivity index (χ1v) is 7.42. The van der Waals surface area contributed by atoms with Crippen molar-refractivity contribution >= 4 is 29.3 Å². The second kappa shape index (κ2) is 6.84. The van der Waals surface area contributed by atoms with E-state index in [9.17, 15) is 14.7 Å². The molecule has 2 rings (SSSR count). The van der Waals surface area contributed by atoms with E-state index in [0.29, 0.717) is 23.6 Å². The van der Waals surface area contributed by atoms with Crippen molar-refractivity contribution in [1.82, 2.24) is 4.90 Å². The molecule has 1 fully saturated rings. The smallest absolute Gasteiger partial charge is 0.328 e. The monoisotopic (exact) mass is 311 g/mol. The molecule has 1 aromatic heterocycles. The molecule has 21 heavy (non-hydrogen) atoms. The van der Waals surface area contributed by atoms with Crippen LogP contribution in [-0.4, -0.2) is 58.9 Å². The predicted molar refractivity (Wildman–Crippen MR) is 78.3 cm³/mol. The van der Waals surface area contributed by atoms with E-state index in [1.165, 1.54) is 17.4 Å². The first-order valence-electron chi connectivity index (χ1n) is 6.55. The van der Waals surface area contributed by atoms with Gasteiger partial charge in [-0.15, -0.1) is 11.3 Å². The van der Waals surface area contributed by atoms with Gasteiger partial charge in [0.25, 0.3) is 5.91 Å². The number of hydrogen-bond acceptors (Lipinski definition) is 5. The number of carbonyl (C=O) groups excluding carboxylic acids is 1. The lowest BCUT2D eigenvalue weighted by Crippen LogP contribution is -2.51. The molecule has 0 bridgehead atoms. The molecule has 6 nitrogen and oxygen atoms in total. The third kappa shape index (κ3) is 3.69. The number of aliphatic hydroxyl groups is 1. The standard InChI is InChI=1S/C14H17NO5S/c1-9-8-20-11(7-16)6-15(9)14(19)13-10(4-5-21-13)2-3-12(17)18/h2-5,9,11,16H,6-8H2,1H3,(H,17,18)/b3-2+. The van der Waals surface area contributed by atoms with E-state index in [2.05, 4.69) is 0 Å².